The van der Waals surface area contributed by atoms with Gasteiger partial charge < -0.3 is 0 Å². The second-order valence-electron chi connectivity index (χ2n) is 2.04. The smallest absolute Gasteiger partial charge is 0.207 e. The van der Waals surface area contributed by atoms with Gasteiger partial charge in [0, 0.05) is 6.07 Å². The molecule has 1 rings (SSSR count). The quantitative estimate of drug-likeness (QED) is 0.540. The Morgan fingerprint density at radius 1 is 1.17 bits per heavy atom. The normalized spacial score (nSPS) is 11.8. The van der Waals surface area contributed by atoms with E-state index in [2.05, 4.69) is 0 Å². The molecule has 0 heterocycles. The molecule has 0 bridgehead atoms. The Bertz CT molecular complexity index is 288. The van der Waals surface area contributed by atoms with Crippen LogP contribution in [0.1, 0.15) is 5.56 Å². The SMILES string of the molecule is Fc1c[c]c(F)c(C(F)(F)F)c1. The number of rotatable bonds is 0. The van der Waals surface area contributed by atoms with Gasteiger partial charge in [-0.3, -0.25) is 0 Å². The van der Waals surface area contributed by atoms with Gasteiger partial charge in [-0.1, -0.05) is 0 Å². The van der Waals surface area contributed by atoms with Gasteiger partial charge in [0.15, 0.2) is 0 Å². The van der Waals surface area contributed by atoms with Crippen molar-refractivity contribution in [1.29, 1.82) is 0 Å². The summed E-state index contributed by atoms with van der Waals surface area (Å²) in [5, 5.41) is 0. The predicted molar refractivity (Wildman–Crippen MR) is 30.2 cm³/mol. The lowest BCUT2D eigenvalue weighted by Gasteiger charge is -2.06. The number of hydrogen-bond acceptors (Lipinski definition) is 0. The molecule has 0 saturated heterocycles. The van der Waals surface area contributed by atoms with E-state index in [1.54, 1.807) is 0 Å². The minimum absolute atomic E-state index is 0.0891. The number of alkyl halides is 3. The average molecular weight is 181 g/mol. The Labute approximate surface area is 64.6 Å². The lowest BCUT2D eigenvalue weighted by atomic mass is 10.2. The molecule has 0 N–H and O–H groups in total. The second-order valence-corrected chi connectivity index (χ2v) is 2.04. The molecule has 0 fully saturated rings. The van der Waals surface area contributed by atoms with E-state index >= 15 is 0 Å². The van der Waals surface area contributed by atoms with Crippen molar-refractivity contribution in [3.8, 4) is 0 Å². The van der Waals surface area contributed by atoms with Crippen LogP contribution in [-0.2, 0) is 6.18 Å². The highest BCUT2D eigenvalue weighted by Crippen LogP contribution is 2.31. The summed E-state index contributed by atoms with van der Waals surface area (Å²) >= 11 is 0. The zero-order valence-electron chi connectivity index (χ0n) is 5.54. The third kappa shape index (κ3) is 1.72. The Morgan fingerprint density at radius 2 is 1.75 bits per heavy atom. The fraction of sp³-hybridized carbons (Fsp3) is 0.143. The first kappa shape index (κ1) is 8.96. The van der Waals surface area contributed by atoms with Crippen LogP contribution in [0.2, 0.25) is 0 Å². The first-order chi connectivity index (χ1) is 5.41. The Morgan fingerprint density at radius 3 is 2.17 bits per heavy atom. The molecule has 1 aromatic carbocycles. The van der Waals surface area contributed by atoms with Gasteiger partial charge >= 0.3 is 6.18 Å². The van der Waals surface area contributed by atoms with Gasteiger partial charge in [0.25, 0.3) is 0 Å². The molecule has 0 saturated carbocycles. The molecule has 65 valence electrons. The van der Waals surface area contributed by atoms with E-state index in [4.69, 9.17) is 0 Å². The van der Waals surface area contributed by atoms with Crippen LogP contribution in [0.25, 0.3) is 0 Å². The molecular formula is C7H2F5. The third-order valence-corrected chi connectivity index (χ3v) is 1.16. The monoisotopic (exact) mass is 181 g/mol. The van der Waals surface area contributed by atoms with E-state index in [0.29, 0.717) is 6.07 Å². The number of hydrogen-bond donors (Lipinski definition) is 0. The van der Waals surface area contributed by atoms with Crippen LogP contribution in [0.5, 0.6) is 0 Å². The Hall–Kier alpha value is -1.13. The van der Waals surface area contributed by atoms with Gasteiger partial charge in [0.2, 0.25) is 0 Å². The van der Waals surface area contributed by atoms with E-state index in [0.717, 1.165) is 0 Å². The van der Waals surface area contributed by atoms with Gasteiger partial charge in [-0.05, 0) is 12.1 Å². The summed E-state index contributed by atoms with van der Waals surface area (Å²) in [5.74, 6) is -2.76. The van der Waals surface area contributed by atoms with Crippen LogP contribution < -0.4 is 0 Å². The van der Waals surface area contributed by atoms with Crippen molar-refractivity contribution in [3.05, 3.63) is 35.4 Å². The van der Waals surface area contributed by atoms with Crippen molar-refractivity contribution in [1.82, 2.24) is 0 Å². The van der Waals surface area contributed by atoms with Crippen molar-refractivity contribution in [2.75, 3.05) is 0 Å². The minimum atomic E-state index is -4.87. The van der Waals surface area contributed by atoms with E-state index in [1.165, 1.54) is 6.07 Å². The zero-order valence-corrected chi connectivity index (χ0v) is 5.54. The molecule has 5 heteroatoms. The first-order valence-electron chi connectivity index (χ1n) is 2.85. The summed E-state index contributed by atoms with van der Waals surface area (Å²) in [6.45, 7) is 0. The molecule has 0 unspecified atom stereocenters. The molecule has 0 atom stereocenters. The summed E-state index contributed by atoms with van der Waals surface area (Å²) in [4.78, 5) is 0. The highest BCUT2D eigenvalue weighted by molar-refractivity contribution is 5.20. The highest BCUT2D eigenvalue weighted by atomic mass is 19.4. The van der Waals surface area contributed by atoms with Crippen molar-refractivity contribution in [2.24, 2.45) is 0 Å². The van der Waals surface area contributed by atoms with Crippen LogP contribution in [0.4, 0.5) is 22.0 Å². The maximum atomic E-state index is 12.3. The molecule has 0 amide bonds. The van der Waals surface area contributed by atoms with Crippen molar-refractivity contribution < 1.29 is 22.0 Å². The summed E-state index contributed by atoms with van der Waals surface area (Å²) in [7, 11) is 0. The second kappa shape index (κ2) is 2.73. The fourth-order valence-electron chi connectivity index (χ4n) is 0.659. The molecule has 0 aromatic heterocycles. The van der Waals surface area contributed by atoms with Crippen molar-refractivity contribution in [3.63, 3.8) is 0 Å². The van der Waals surface area contributed by atoms with E-state index in [-0.39, 0.29) is 6.07 Å². The van der Waals surface area contributed by atoms with Gasteiger partial charge in [0.05, 0.1) is 5.56 Å². The van der Waals surface area contributed by atoms with Crippen LogP contribution in [0.3, 0.4) is 0 Å². The minimum Gasteiger partial charge on any atom is -0.207 e. The average Bonchev–Trinajstić information content (AvgIpc) is 1.92. The summed E-state index contributed by atoms with van der Waals surface area (Å²) in [5.41, 5.74) is -1.64. The lowest BCUT2D eigenvalue weighted by Crippen LogP contribution is -2.08. The molecule has 0 aliphatic carbocycles. The maximum absolute atomic E-state index is 12.3. The Kier molecular flexibility index (Phi) is 2.04. The van der Waals surface area contributed by atoms with Gasteiger partial charge in [-0.15, -0.1) is 0 Å². The first-order valence-corrected chi connectivity index (χ1v) is 2.85. The molecule has 0 spiro atoms. The standard InChI is InChI=1S/C7H2F5/c8-4-1-2-6(9)5(3-4)7(10,11)12/h1,3H. The molecule has 1 aromatic rings. The van der Waals surface area contributed by atoms with E-state index in [9.17, 15) is 22.0 Å². The van der Waals surface area contributed by atoms with Gasteiger partial charge in [0.1, 0.15) is 11.6 Å². The van der Waals surface area contributed by atoms with Crippen LogP contribution in [-0.4, -0.2) is 0 Å². The number of halogens is 5. The molecule has 0 aliphatic rings. The van der Waals surface area contributed by atoms with Crippen LogP contribution in [0.15, 0.2) is 12.1 Å². The third-order valence-electron chi connectivity index (χ3n) is 1.16. The van der Waals surface area contributed by atoms with Gasteiger partial charge in [-0.25, -0.2) is 8.78 Å². The topological polar surface area (TPSA) is 0 Å². The largest absolute Gasteiger partial charge is 0.419 e. The lowest BCUT2D eigenvalue weighted by molar-refractivity contribution is -0.140. The molecular weight excluding hydrogens is 179 g/mol. The van der Waals surface area contributed by atoms with Crippen molar-refractivity contribution in [2.45, 2.75) is 6.18 Å². The molecule has 1 radical (unpaired) electrons. The van der Waals surface area contributed by atoms with Crippen LogP contribution >= 0.6 is 0 Å². The fourth-order valence-corrected chi connectivity index (χ4v) is 0.659. The molecule has 0 nitrogen and oxygen atoms in total. The number of benzene rings is 1. The summed E-state index contributed by atoms with van der Waals surface area (Å²) < 4.78 is 59.9. The van der Waals surface area contributed by atoms with Crippen LogP contribution in [0, 0.1) is 17.7 Å². The van der Waals surface area contributed by atoms with E-state index in [1.807, 2.05) is 0 Å². The molecule has 12 heavy (non-hydrogen) atoms. The summed E-state index contributed by atoms with van der Waals surface area (Å²) in [6, 6.07) is 2.11. The highest BCUT2D eigenvalue weighted by Gasteiger charge is 2.34. The molecule has 0 aliphatic heterocycles. The van der Waals surface area contributed by atoms with Gasteiger partial charge in [-0.2, -0.15) is 13.2 Å². The zero-order chi connectivity index (χ0) is 9.35. The summed E-state index contributed by atoms with van der Waals surface area (Å²) in [6.07, 6.45) is -4.87. The predicted octanol–water partition coefficient (Wildman–Crippen LogP) is 2.78. The Balaban J connectivity index is 3.23. The van der Waals surface area contributed by atoms with E-state index < -0.39 is 23.4 Å². The van der Waals surface area contributed by atoms with Crippen molar-refractivity contribution >= 4 is 0 Å². The maximum Gasteiger partial charge on any atom is 0.419 e.